The van der Waals surface area contributed by atoms with E-state index < -0.39 is 11.7 Å². The van der Waals surface area contributed by atoms with Crippen LogP contribution in [0.25, 0.3) is 0 Å². The largest absolute Gasteiger partial charge is 0.416 e. The van der Waals surface area contributed by atoms with Crippen LogP contribution < -0.4 is 5.73 Å². The van der Waals surface area contributed by atoms with Gasteiger partial charge in [0.1, 0.15) is 0 Å². The molecular formula is C15H20F3N. The Balaban J connectivity index is 2.17. The predicted molar refractivity (Wildman–Crippen MR) is 69.5 cm³/mol. The summed E-state index contributed by atoms with van der Waals surface area (Å²) in [7, 11) is 0. The summed E-state index contributed by atoms with van der Waals surface area (Å²) in [6, 6.07) is 5.16. The molecule has 0 saturated heterocycles. The first-order chi connectivity index (χ1) is 8.88. The molecule has 2 rings (SSSR count). The first-order valence-corrected chi connectivity index (χ1v) is 6.80. The van der Waals surface area contributed by atoms with Crippen molar-refractivity contribution in [2.45, 2.75) is 44.8 Å². The lowest BCUT2D eigenvalue weighted by Gasteiger charge is -2.31. The fourth-order valence-electron chi connectivity index (χ4n) is 3.00. The number of rotatable bonds is 2. The maximum atomic E-state index is 12.7. The molecule has 3 atom stereocenters. The zero-order chi connectivity index (χ0) is 14.0. The minimum atomic E-state index is -4.30. The fourth-order valence-corrected chi connectivity index (χ4v) is 3.00. The fraction of sp³-hybridized carbons (Fsp3) is 0.600. The third-order valence-corrected chi connectivity index (χ3v) is 4.08. The van der Waals surface area contributed by atoms with E-state index in [2.05, 4.69) is 6.92 Å². The second kappa shape index (κ2) is 5.53. The number of nitrogens with two attached hydrogens (primary N) is 1. The second-order valence-electron chi connectivity index (χ2n) is 5.68. The minimum Gasteiger partial charge on any atom is -0.324 e. The lowest BCUT2D eigenvalue weighted by molar-refractivity contribution is -0.137. The summed E-state index contributed by atoms with van der Waals surface area (Å²) in [4.78, 5) is 0. The summed E-state index contributed by atoms with van der Waals surface area (Å²) < 4.78 is 38.1. The van der Waals surface area contributed by atoms with E-state index >= 15 is 0 Å². The first kappa shape index (κ1) is 14.4. The van der Waals surface area contributed by atoms with Gasteiger partial charge in [0.15, 0.2) is 0 Å². The second-order valence-corrected chi connectivity index (χ2v) is 5.68. The maximum Gasteiger partial charge on any atom is 0.416 e. The molecule has 0 amide bonds. The van der Waals surface area contributed by atoms with Gasteiger partial charge in [0.25, 0.3) is 0 Å². The number of halogens is 3. The third kappa shape index (κ3) is 3.50. The summed E-state index contributed by atoms with van der Waals surface area (Å²) in [5.41, 5.74) is 6.18. The normalized spacial score (nSPS) is 26.2. The van der Waals surface area contributed by atoms with E-state index in [-0.39, 0.29) is 6.04 Å². The Hall–Kier alpha value is -1.03. The molecule has 2 N–H and O–H groups in total. The van der Waals surface area contributed by atoms with Crippen LogP contribution >= 0.6 is 0 Å². The van der Waals surface area contributed by atoms with Gasteiger partial charge in [0, 0.05) is 6.04 Å². The predicted octanol–water partition coefficient (Wildman–Crippen LogP) is 4.53. The van der Waals surface area contributed by atoms with Gasteiger partial charge < -0.3 is 5.73 Å². The molecule has 0 radical (unpaired) electrons. The van der Waals surface area contributed by atoms with Crippen LogP contribution in [0.5, 0.6) is 0 Å². The SMILES string of the molecule is CC1CCCC(C(N)c2cccc(C(F)(F)F)c2)C1. The maximum absolute atomic E-state index is 12.7. The van der Waals surface area contributed by atoms with Crippen molar-refractivity contribution in [3.05, 3.63) is 35.4 Å². The van der Waals surface area contributed by atoms with Crippen molar-refractivity contribution < 1.29 is 13.2 Å². The van der Waals surface area contributed by atoms with Gasteiger partial charge in [-0.25, -0.2) is 0 Å². The smallest absolute Gasteiger partial charge is 0.324 e. The van der Waals surface area contributed by atoms with Gasteiger partial charge in [-0.3, -0.25) is 0 Å². The van der Waals surface area contributed by atoms with E-state index in [1.165, 1.54) is 18.6 Å². The van der Waals surface area contributed by atoms with E-state index in [4.69, 9.17) is 5.73 Å². The summed E-state index contributed by atoms with van der Waals surface area (Å²) in [5.74, 6) is 0.919. The Labute approximate surface area is 112 Å². The quantitative estimate of drug-likeness (QED) is 0.840. The van der Waals surface area contributed by atoms with Crippen molar-refractivity contribution in [3.8, 4) is 0 Å². The summed E-state index contributed by atoms with van der Waals surface area (Å²) in [5, 5.41) is 0. The van der Waals surface area contributed by atoms with Gasteiger partial charge in [0.05, 0.1) is 5.56 Å². The molecule has 1 fully saturated rings. The van der Waals surface area contributed by atoms with Crippen molar-refractivity contribution in [2.24, 2.45) is 17.6 Å². The van der Waals surface area contributed by atoms with Crippen LogP contribution in [0, 0.1) is 11.8 Å². The summed E-state index contributed by atoms with van der Waals surface area (Å²) in [6.45, 7) is 2.19. The van der Waals surface area contributed by atoms with Crippen molar-refractivity contribution in [1.82, 2.24) is 0 Å². The van der Waals surface area contributed by atoms with Gasteiger partial charge in [-0.05, 0) is 42.4 Å². The molecule has 1 saturated carbocycles. The monoisotopic (exact) mass is 271 g/mol. The Morgan fingerprint density at radius 3 is 2.63 bits per heavy atom. The molecule has 106 valence electrons. The van der Waals surface area contributed by atoms with Gasteiger partial charge in [0.2, 0.25) is 0 Å². The van der Waals surface area contributed by atoms with E-state index in [9.17, 15) is 13.2 Å². The number of hydrogen-bond donors (Lipinski definition) is 1. The molecule has 0 heterocycles. The van der Waals surface area contributed by atoms with Crippen LogP contribution in [0.3, 0.4) is 0 Å². The number of hydrogen-bond acceptors (Lipinski definition) is 1. The topological polar surface area (TPSA) is 26.0 Å². The van der Waals surface area contributed by atoms with Crippen LogP contribution in [0.4, 0.5) is 13.2 Å². The average Bonchev–Trinajstić information content (AvgIpc) is 2.37. The van der Waals surface area contributed by atoms with Crippen LogP contribution in [0.1, 0.15) is 49.8 Å². The van der Waals surface area contributed by atoms with Gasteiger partial charge in [-0.2, -0.15) is 13.2 Å². The van der Waals surface area contributed by atoms with E-state index in [0.29, 0.717) is 17.4 Å². The number of alkyl halides is 3. The molecule has 0 bridgehead atoms. The Kier molecular flexibility index (Phi) is 4.19. The standard InChI is InChI=1S/C15H20F3N/c1-10-4-2-5-11(8-10)14(19)12-6-3-7-13(9-12)15(16,17)18/h3,6-7,9-11,14H,2,4-5,8,19H2,1H3. The Morgan fingerprint density at radius 2 is 2.00 bits per heavy atom. The molecule has 1 aromatic rings. The molecule has 0 aliphatic heterocycles. The Morgan fingerprint density at radius 1 is 1.26 bits per heavy atom. The van der Waals surface area contributed by atoms with E-state index in [1.807, 2.05) is 0 Å². The van der Waals surface area contributed by atoms with Crippen molar-refractivity contribution >= 4 is 0 Å². The summed E-state index contributed by atoms with van der Waals surface area (Å²) in [6.07, 6.45) is 0.0546. The van der Waals surface area contributed by atoms with Gasteiger partial charge in [-0.15, -0.1) is 0 Å². The molecule has 1 aromatic carbocycles. The molecule has 1 nitrogen and oxygen atoms in total. The molecule has 1 aliphatic carbocycles. The van der Waals surface area contributed by atoms with Crippen LogP contribution in [-0.2, 0) is 6.18 Å². The lowest BCUT2D eigenvalue weighted by atomic mass is 9.77. The van der Waals surface area contributed by atoms with E-state index in [1.54, 1.807) is 6.07 Å². The minimum absolute atomic E-state index is 0.287. The average molecular weight is 271 g/mol. The highest BCUT2D eigenvalue weighted by Crippen LogP contribution is 2.37. The van der Waals surface area contributed by atoms with Crippen molar-refractivity contribution in [2.75, 3.05) is 0 Å². The number of benzene rings is 1. The summed E-state index contributed by atoms with van der Waals surface area (Å²) >= 11 is 0. The van der Waals surface area contributed by atoms with Crippen molar-refractivity contribution in [3.63, 3.8) is 0 Å². The van der Waals surface area contributed by atoms with Crippen molar-refractivity contribution in [1.29, 1.82) is 0 Å². The molecule has 1 aliphatic rings. The molecule has 4 heteroatoms. The van der Waals surface area contributed by atoms with Crippen LogP contribution in [0.2, 0.25) is 0 Å². The Bertz CT molecular complexity index is 428. The molecule has 0 aromatic heterocycles. The lowest BCUT2D eigenvalue weighted by Crippen LogP contribution is -2.26. The van der Waals surface area contributed by atoms with Gasteiger partial charge >= 0.3 is 6.18 Å². The van der Waals surface area contributed by atoms with Crippen LogP contribution in [0.15, 0.2) is 24.3 Å². The van der Waals surface area contributed by atoms with Crippen LogP contribution in [-0.4, -0.2) is 0 Å². The molecule has 0 spiro atoms. The van der Waals surface area contributed by atoms with E-state index in [0.717, 1.165) is 25.3 Å². The zero-order valence-electron chi connectivity index (χ0n) is 11.1. The molecule has 3 unspecified atom stereocenters. The highest BCUT2D eigenvalue weighted by Gasteiger charge is 2.32. The first-order valence-electron chi connectivity index (χ1n) is 6.80. The highest BCUT2D eigenvalue weighted by atomic mass is 19.4. The highest BCUT2D eigenvalue weighted by molar-refractivity contribution is 5.28. The zero-order valence-corrected chi connectivity index (χ0v) is 11.1. The molecule has 19 heavy (non-hydrogen) atoms. The third-order valence-electron chi connectivity index (χ3n) is 4.08. The van der Waals surface area contributed by atoms with Gasteiger partial charge in [-0.1, -0.05) is 31.9 Å². The molecular weight excluding hydrogens is 251 g/mol.